The van der Waals surface area contributed by atoms with Crippen molar-refractivity contribution >= 4 is 63.5 Å². The van der Waals surface area contributed by atoms with Crippen LogP contribution in [0.1, 0.15) is 39.2 Å². The highest BCUT2D eigenvalue weighted by atomic mass is 35.5. The van der Waals surface area contributed by atoms with Crippen LogP contribution in [0.2, 0.25) is 10.0 Å². The average molecular weight is 454 g/mol. The molecule has 3 rings (SSSR count). The number of hydrazone groups is 1. The summed E-state index contributed by atoms with van der Waals surface area (Å²) < 4.78 is 4.85. The molecule has 2 aromatic rings. The number of thiophene rings is 1. The first kappa shape index (κ1) is 21.3. The van der Waals surface area contributed by atoms with E-state index in [2.05, 4.69) is 15.8 Å². The number of aryl methyl sites for hydroxylation is 1. The number of nitrogens with one attached hydrogen (secondary N) is 2. The molecule has 29 heavy (non-hydrogen) atoms. The van der Waals surface area contributed by atoms with E-state index in [0.717, 1.165) is 36.1 Å². The minimum Gasteiger partial charge on any atom is -0.465 e. The van der Waals surface area contributed by atoms with Crippen LogP contribution in [0.5, 0.6) is 0 Å². The molecule has 0 saturated carbocycles. The van der Waals surface area contributed by atoms with Crippen LogP contribution in [-0.2, 0) is 27.2 Å². The van der Waals surface area contributed by atoms with Crippen molar-refractivity contribution in [1.82, 2.24) is 5.43 Å². The molecule has 0 unspecified atom stereocenters. The number of ether oxygens (including phenoxy) is 1. The number of methoxy groups -OCH3 is 1. The molecule has 1 heterocycles. The summed E-state index contributed by atoms with van der Waals surface area (Å²) in [6.45, 7) is 0. The Morgan fingerprint density at radius 2 is 1.90 bits per heavy atom. The van der Waals surface area contributed by atoms with Gasteiger partial charge in [0, 0.05) is 4.88 Å². The second-order valence-electron chi connectivity index (χ2n) is 6.23. The maximum absolute atomic E-state index is 12.2. The lowest BCUT2D eigenvalue weighted by Gasteiger charge is -2.11. The van der Waals surface area contributed by atoms with Gasteiger partial charge in [-0.05, 0) is 48.9 Å². The van der Waals surface area contributed by atoms with E-state index in [0.29, 0.717) is 26.2 Å². The third-order valence-corrected chi connectivity index (χ3v) is 6.26. The molecule has 7 nitrogen and oxygen atoms in total. The second-order valence-corrected chi connectivity index (χ2v) is 8.15. The van der Waals surface area contributed by atoms with Gasteiger partial charge in [-0.3, -0.25) is 9.59 Å². The van der Waals surface area contributed by atoms with Crippen molar-refractivity contribution in [2.45, 2.75) is 25.7 Å². The van der Waals surface area contributed by atoms with Crippen LogP contribution >= 0.6 is 34.5 Å². The van der Waals surface area contributed by atoms with Gasteiger partial charge in [-0.2, -0.15) is 5.10 Å². The van der Waals surface area contributed by atoms with Gasteiger partial charge in [-0.15, -0.1) is 11.3 Å². The molecule has 152 valence electrons. The van der Waals surface area contributed by atoms with Gasteiger partial charge in [-0.25, -0.2) is 10.2 Å². The lowest BCUT2D eigenvalue weighted by atomic mass is 9.95. The Kier molecular flexibility index (Phi) is 6.89. The number of anilines is 1. The fourth-order valence-corrected chi connectivity index (χ4v) is 4.52. The fraction of sp³-hybridized carbons (Fsp3) is 0.263. The SMILES string of the molecule is COC(=O)c1c(NC(=O)C(=O)N/N=C/c2ccc(Cl)c(Cl)c2)sc2c1CCCC2. The van der Waals surface area contributed by atoms with Crippen molar-refractivity contribution in [2.75, 3.05) is 12.4 Å². The molecule has 0 bridgehead atoms. The molecule has 0 spiro atoms. The van der Waals surface area contributed by atoms with Gasteiger partial charge in [0.15, 0.2) is 0 Å². The molecule has 10 heteroatoms. The van der Waals surface area contributed by atoms with E-state index in [1.165, 1.54) is 24.7 Å². The summed E-state index contributed by atoms with van der Waals surface area (Å²) in [4.78, 5) is 37.5. The maximum atomic E-state index is 12.2. The van der Waals surface area contributed by atoms with Crippen LogP contribution in [-0.4, -0.2) is 31.1 Å². The van der Waals surface area contributed by atoms with E-state index in [1.54, 1.807) is 18.2 Å². The first-order chi connectivity index (χ1) is 13.9. The topological polar surface area (TPSA) is 96.9 Å². The minimum atomic E-state index is -0.969. The van der Waals surface area contributed by atoms with Gasteiger partial charge < -0.3 is 10.1 Å². The van der Waals surface area contributed by atoms with Crippen molar-refractivity contribution in [3.05, 3.63) is 49.8 Å². The predicted octanol–water partition coefficient (Wildman–Crippen LogP) is 3.81. The van der Waals surface area contributed by atoms with E-state index < -0.39 is 17.8 Å². The lowest BCUT2D eigenvalue weighted by molar-refractivity contribution is -0.136. The van der Waals surface area contributed by atoms with Gasteiger partial charge in [0.25, 0.3) is 0 Å². The Balaban J connectivity index is 1.69. The van der Waals surface area contributed by atoms with Crippen LogP contribution in [0.4, 0.5) is 5.00 Å². The molecule has 2 amide bonds. The Morgan fingerprint density at radius 3 is 2.62 bits per heavy atom. The Bertz CT molecular complexity index is 1000. The molecule has 1 aromatic heterocycles. The van der Waals surface area contributed by atoms with Gasteiger partial charge in [-0.1, -0.05) is 29.3 Å². The highest BCUT2D eigenvalue weighted by molar-refractivity contribution is 7.17. The van der Waals surface area contributed by atoms with Gasteiger partial charge >= 0.3 is 17.8 Å². The third-order valence-electron chi connectivity index (χ3n) is 4.32. The number of hydrogen-bond acceptors (Lipinski definition) is 6. The fourth-order valence-electron chi connectivity index (χ4n) is 2.94. The zero-order valence-electron chi connectivity index (χ0n) is 15.4. The number of benzene rings is 1. The van der Waals surface area contributed by atoms with Crippen LogP contribution in [0.15, 0.2) is 23.3 Å². The lowest BCUT2D eigenvalue weighted by Crippen LogP contribution is -2.32. The summed E-state index contributed by atoms with van der Waals surface area (Å²) in [5.74, 6) is -2.43. The summed E-state index contributed by atoms with van der Waals surface area (Å²) in [5.41, 5.74) is 3.95. The first-order valence-corrected chi connectivity index (χ1v) is 10.3. The quantitative estimate of drug-likeness (QED) is 0.318. The zero-order valence-corrected chi connectivity index (χ0v) is 17.7. The van der Waals surface area contributed by atoms with Crippen LogP contribution in [0.3, 0.4) is 0 Å². The molecule has 0 radical (unpaired) electrons. The van der Waals surface area contributed by atoms with E-state index in [9.17, 15) is 14.4 Å². The summed E-state index contributed by atoms with van der Waals surface area (Å²) >= 11 is 13.0. The molecule has 0 atom stereocenters. The Hall–Kier alpha value is -2.42. The summed E-state index contributed by atoms with van der Waals surface area (Å²) in [6.07, 6.45) is 4.89. The van der Waals surface area contributed by atoms with Crippen molar-refractivity contribution < 1.29 is 19.1 Å². The van der Waals surface area contributed by atoms with Gasteiger partial charge in [0.05, 0.1) is 28.9 Å². The summed E-state index contributed by atoms with van der Waals surface area (Å²) in [5, 5.41) is 7.30. The number of carbonyl (C=O) groups is 3. The van der Waals surface area contributed by atoms with Gasteiger partial charge in [0.2, 0.25) is 0 Å². The number of rotatable bonds is 4. The van der Waals surface area contributed by atoms with Crippen molar-refractivity contribution in [1.29, 1.82) is 0 Å². The smallest absolute Gasteiger partial charge is 0.341 e. The molecule has 1 aromatic carbocycles. The van der Waals surface area contributed by atoms with Crippen LogP contribution in [0.25, 0.3) is 0 Å². The highest BCUT2D eigenvalue weighted by Crippen LogP contribution is 2.38. The van der Waals surface area contributed by atoms with E-state index in [1.807, 2.05) is 0 Å². The zero-order chi connectivity index (χ0) is 21.0. The first-order valence-electron chi connectivity index (χ1n) is 8.73. The number of nitrogens with zero attached hydrogens (tertiary/aromatic N) is 1. The van der Waals surface area contributed by atoms with E-state index in [4.69, 9.17) is 27.9 Å². The van der Waals surface area contributed by atoms with Crippen molar-refractivity contribution in [3.8, 4) is 0 Å². The number of halogens is 2. The predicted molar refractivity (Wildman–Crippen MR) is 113 cm³/mol. The summed E-state index contributed by atoms with van der Waals surface area (Å²) in [6, 6.07) is 4.81. The molecule has 0 aliphatic heterocycles. The standard InChI is InChI=1S/C19H17Cl2N3O4S/c1-28-19(27)15-11-4-2-3-5-14(11)29-18(15)23-16(25)17(26)24-22-9-10-6-7-12(20)13(21)8-10/h6-9H,2-5H2,1H3,(H,23,25)(H,24,26)/b22-9+. The number of fused-ring (bicyclic) bond motifs is 1. The molecule has 1 aliphatic carbocycles. The Morgan fingerprint density at radius 1 is 1.14 bits per heavy atom. The second kappa shape index (κ2) is 9.39. The van der Waals surface area contributed by atoms with Crippen LogP contribution in [0, 0.1) is 0 Å². The number of esters is 1. The third kappa shape index (κ3) is 4.95. The molecule has 0 saturated heterocycles. The number of hydrogen-bond donors (Lipinski definition) is 2. The monoisotopic (exact) mass is 453 g/mol. The average Bonchev–Trinajstić information content (AvgIpc) is 3.07. The summed E-state index contributed by atoms with van der Waals surface area (Å²) in [7, 11) is 1.28. The van der Waals surface area contributed by atoms with Crippen LogP contribution < -0.4 is 10.7 Å². The van der Waals surface area contributed by atoms with Crippen molar-refractivity contribution in [2.24, 2.45) is 5.10 Å². The normalized spacial score (nSPS) is 13.1. The van der Waals surface area contributed by atoms with Gasteiger partial charge in [0.1, 0.15) is 5.00 Å². The van der Waals surface area contributed by atoms with Crippen molar-refractivity contribution in [3.63, 3.8) is 0 Å². The minimum absolute atomic E-state index is 0.317. The van der Waals surface area contributed by atoms with E-state index in [-0.39, 0.29) is 0 Å². The Labute approximate surface area is 181 Å². The molecular weight excluding hydrogens is 437 g/mol. The number of amides is 2. The maximum Gasteiger partial charge on any atom is 0.341 e. The molecule has 0 fully saturated rings. The largest absolute Gasteiger partial charge is 0.465 e. The highest BCUT2D eigenvalue weighted by Gasteiger charge is 2.28. The number of carbonyl (C=O) groups excluding carboxylic acids is 3. The molecule has 1 aliphatic rings. The molecule has 2 N–H and O–H groups in total. The van der Waals surface area contributed by atoms with E-state index >= 15 is 0 Å². The molecular formula is C19H17Cl2N3O4S.